The standard InChI is InChI=1S/C10H10N2O2S2/c11-8-6-10(15-7-8)16(13,14)12-9-4-2-1-3-5-9/h1-7,12H,11H2. The quantitative estimate of drug-likeness (QED) is 0.881. The summed E-state index contributed by atoms with van der Waals surface area (Å²) in [4.78, 5) is 0. The second-order valence-electron chi connectivity index (χ2n) is 3.17. The zero-order valence-corrected chi connectivity index (χ0v) is 9.88. The van der Waals surface area contributed by atoms with Gasteiger partial charge in [0.25, 0.3) is 10.0 Å². The van der Waals surface area contributed by atoms with Crippen molar-refractivity contribution in [3.63, 3.8) is 0 Å². The number of nitrogens with two attached hydrogens (primary N) is 1. The summed E-state index contributed by atoms with van der Waals surface area (Å²) in [7, 11) is -3.50. The second kappa shape index (κ2) is 4.15. The van der Waals surface area contributed by atoms with Gasteiger partial charge in [-0.25, -0.2) is 8.42 Å². The van der Waals surface area contributed by atoms with Crippen LogP contribution in [0.3, 0.4) is 0 Å². The van der Waals surface area contributed by atoms with Gasteiger partial charge in [0.2, 0.25) is 0 Å². The Bertz CT molecular complexity index is 576. The summed E-state index contributed by atoms with van der Waals surface area (Å²) in [6.07, 6.45) is 0. The Morgan fingerprint density at radius 1 is 1.19 bits per heavy atom. The Morgan fingerprint density at radius 3 is 2.44 bits per heavy atom. The van der Waals surface area contributed by atoms with Crippen LogP contribution in [0, 0.1) is 0 Å². The van der Waals surface area contributed by atoms with Crippen molar-refractivity contribution < 1.29 is 8.42 Å². The van der Waals surface area contributed by atoms with Gasteiger partial charge in [-0.2, -0.15) is 0 Å². The van der Waals surface area contributed by atoms with Crippen LogP contribution in [0.1, 0.15) is 0 Å². The molecule has 0 unspecified atom stereocenters. The highest BCUT2D eigenvalue weighted by Crippen LogP contribution is 2.23. The highest BCUT2D eigenvalue weighted by molar-refractivity contribution is 7.94. The molecule has 6 heteroatoms. The first-order chi connectivity index (χ1) is 7.58. The van der Waals surface area contributed by atoms with Gasteiger partial charge in [-0.3, -0.25) is 4.72 Å². The van der Waals surface area contributed by atoms with Gasteiger partial charge in [0.1, 0.15) is 4.21 Å². The number of anilines is 2. The molecule has 3 N–H and O–H groups in total. The van der Waals surface area contributed by atoms with Crippen molar-refractivity contribution in [3.05, 3.63) is 41.8 Å². The first-order valence-corrected chi connectivity index (χ1v) is 6.86. The first-order valence-electron chi connectivity index (χ1n) is 4.50. The van der Waals surface area contributed by atoms with Crippen LogP contribution in [0.5, 0.6) is 0 Å². The Balaban J connectivity index is 2.28. The third-order valence-electron chi connectivity index (χ3n) is 1.89. The molecule has 0 aliphatic heterocycles. The molecule has 0 saturated heterocycles. The molecule has 0 spiro atoms. The van der Waals surface area contributed by atoms with E-state index in [0.717, 1.165) is 11.3 Å². The number of sulfonamides is 1. The van der Waals surface area contributed by atoms with Crippen molar-refractivity contribution >= 4 is 32.7 Å². The maximum atomic E-state index is 11.9. The topological polar surface area (TPSA) is 72.2 Å². The second-order valence-corrected chi connectivity index (χ2v) is 5.99. The Kier molecular flexibility index (Phi) is 2.84. The van der Waals surface area contributed by atoms with Crippen molar-refractivity contribution in [2.45, 2.75) is 4.21 Å². The van der Waals surface area contributed by atoms with Gasteiger partial charge >= 0.3 is 0 Å². The van der Waals surface area contributed by atoms with Crippen LogP contribution in [0.4, 0.5) is 11.4 Å². The molecule has 0 fully saturated rings. The van der Waals surface area contributed by atoms with Crippen LogP contribution in [0.25, 0.3) is 0 Å². The molecular weight excluding hydrogens is 244 g/mol. The van der Waals surface area contributed by atoms with E-state index in [2.05, 4.69) is 4.72 Å². The molecule has 1 heterocycles. The van der Waals surface area contributed by atoms with Crippen molar-refractivity contribution in [2.75, 3.05) is 10.5 Å². The summed E-state index contributed by atoms with van der Waals surface area (Å²) in [6, 6.07) is 10.2. The average molecular weight is 254 g/mol. The highest BCUT2D eigenvalue weighted by atomic mass is 32.2. The maximum absolute atomic E-state index is 11.9. The fourth-order valence-electron chi connectivity index (χ4n) is 1.18. The van der Waals surface area contributed by atoms with Gasteiger partial charge < -0.3 is 5.73 Å². The summed E-state index contributed by atoms with van der Waals surface area (Å²) in [5, 5.41) is 1.60. The van der Waals surface area contributed by atoms with Gasteiger partial charge in [-0.1, -0.05) is 18.2 Å². The minimum absolute atomic E-state index is 0.217. The lowest BCUT2D eigenvalue weighted by molar-refractivity contribution is 0.603. The number of nitrogen functional groups attached to an aromatic ring is 1. The Labute approximate surface area is 97.8 Å². The molecule has 1 aromatic heterocycles. The molecule has 1 aromatic carbocycles. The number of rotatable bonds is 3. The number of thiophene rings is 1. The molecular formula is C10H10N2O2S2. The summed E-state index contributed by atoms with van der Waals surface area (Å²) < 4.78 is 26.4. The van der Waals surface area contributed by atoms with E-state index in [1.54, 1.807) is 29.6 Å². The van der Waals surface area contributed by atoms with Crippen LogP contribution in [-0.4, -0.2) is 8.42 Å². The number of hydrogen-bond donors (Lipinski definition) is 2. The van der Waals surface area contributed by atoms with E-state index in [1.807, 2.05) is 6.07 Å². The fraction of sp³-hybridized carbons (Fsp3) is 0. The molecule has 0 bridgehead atoms. The predicted molar refractivity (Wildman–Crippen MR) is 66.0 cm³/mol. The van der Waals surface area contributed by atoms with Crippen LogP contribution in [-0.2, 0) is 10.0 Å². The van der Waals surface area contributed by atoms with Crippen molar-refractivity contribution in [2.24, 2.45) is 0 Å². The van der Waals surface area contributed by atoms with Crippen LogP contribution in [0.2, 0.25) is 0 Å². The van der Waals surface area contributed by atoms with Crippen molar-refractivity contribution in [1.29, 1.82) is 0 Å². The molecule has 2 aromatic rings. The van der Waals surface area contributed by atoms with Gasteiger partial charge in [-0.15, -0.1) is 11.3 Å². The number of hydrogen-bond acceptors (Lipinski definition) is 4. The van der Waals surface area contributed by atoms with E-state index < -0.39 is 10.0 Å². The number of nitrogens with one attached hydrogen (secondary N) is 1. The lowest BCUT2D eigenvalue weighted by atomic mass is 10.3. The smallest absolute Gasteiger partial charge is 0.271 e. The third kappa shape index (κ3) is 2.34. The van der Waals surface area contributed by atoms with Gasteiger partial charge in [0.05, 0.1) is 0 Å². The van der Waals surface area contributed by atoms with E-state index in [4.69, 9.17) is 5.73 Å². The van der Waals surface area contributed by atoms with E-state index in [-0.39, 0.29) is 4.21 Å². The summed E-state index contributed by atoms with van der Waals surface area (Å²) >= 11 is 1.10. The molecule has 0 atom stereocenters. The minimum atomic E-state index is -3.50. The number of para-hydroxylation sites is 1. The van der Waals surface area contributed by atoms with E-state index in [1.165, 1.54) is 6.07 Å². The molecule has 84 valence electrons. The van der Waals surface area contributed by atoms with Gasteiger partial charge in [0, 0.05) is 16.8 Å². The monoisotopic (exact) mass is 254 g/mol. The predicted octanol–water partition coefficient (Wildman–Crippen LogP) is 2.13. The van der Waals surface area contributed by atoms with Crippen LogP contribution < -0.4 is 10.5 Å². The van der Waals surface area contributed by atoms with Gasteiger partial charge in [-0.05, 0) is 18.2 Å². The molecule has 0 saturated carbocycles. The fourth-order valence-corrected chi connectivity index (χ4v) is 3.32. The normalized spacial score (nSPS) is 11.2. The molecule has 0 aliphatic carbocycles. The molecule has 0 radical (unpaired) electrons. The van der Waals surface area contributed by atoms with E-state index in [9.17, 15) is 8.42 Å². The maximum Gasteiger partial charge on any atom is 0.271 e. The zero-order valence-electron chi connectivity index (χ0n) is 8.25. The van der Waals surface area contributed by atoms with E-state index >= 15 is 0 Å². The van der Waals surface area contributed by atoms with Crippen molar-refractivity contribution in [3.8, 4) is 0 Å². The lowest BCUT2D eigenvalue weighted by Crippen LogP contribution is -2.11. The molecule has 2 rings (SSSR count). The lowest BCUT2D eigenvalue weighted by Gasteiger charge is -2.04. The average Bonchev–Trinajstić information content (AvgIpc) is 2.66. The zero-order chi connectivity index (χ0) is 11.6. The summed E-state index contributed by atoms with van der Waals surface area (Å²) in [5.74, 6) is 0. The van der Waals surface area contributed by atoms with Crippen LogP contribution in [0.15, 0.2) is 46.0 Å². The Hall–Kier alpha value is -1.53. The van der Waals surface area contributed by atoms with E-state index in [0.29, 0.717) is 11.4 Å². The molecule has 0 amide bonds. The summed E-state index contributed by atoms with van der Waals surface area (Å²) in [6.45, 7) is 0. The third-order valence-corrected chi connectivity index (χ3v) is 4.73. The molecule has 0 aliphatic rings. The molecule has 16 heavy (non-hydrogen) atoms. The van der Waals surface area contributed by atoms with Crippen molar-refractivity contribution in [1.82, 2.24) is 0 Å². The Morgan fingerprint density at radius 2 is 1.88 bits per heavy atom. The largest absolute Gasteiger partial charge is 0.398 e. The molecule has 4 nitrogen and oxygen atoms in total. The summed E-state index contributed by atoms with van der Waals surface area (Å²) in [5.41, 5.74) is 6.48. The van der Waals surface area contributed by atoms with Gasteiger partial charge in [0.15, 0.2) is 0 Å². The highest BCUT2D eigenvalue weighted by Gasteiger charge is 2.15. The SMILES string of the molecule is Nc1csc(S(=O)(=O)Nc2ccccc2)c1. The first kappa shape index (κ1) is 11.0. The number of benzene rings is 1. The minimum Gasteiger partial charge on any atom is -0.398 e. The van der Waals surface area contributed by atoms with Crippen LogP contribution >= 0.6 is 11.3 Å².